The summed E-state index contributed by atoms with van der Waals surface area (Å²) >= 11 is 7.05. The Labute approximate surface area is 105 Å². The van der Waals surface area contributed by atoms with Gasteiger partial charge in [-0.3, -0.25) is 4.79 Å². The van der Waals surface area contributed by atoms with Gasteiger partial charge in [0.15, 0.2) is 0 Å². The van der Waals surface area contributed by atoms with Crippen molar-refractivity contribution in [1.82, 2.24) is 0 Å². The van der Waals surface area contributed by atoms with Crippen molar-refractivity contribution in [1.29, 1.82) is 0 Å². The first-order valence-corrected chi connectivity index (χ1v) is 6.40. The van der Waals surface area contributed by atoms with Crippen LogP contribution in [0.15, 0.2) is 30.3 Å². The smallest absolute Gasteiger partial charge is 0.324 e. The van der Waals surface area contributed by atoms with Gasteiger partial charge in [0.2, 0.25) is 0 Å². The highest BCUT2D eigenvalue weighted by Crippen LogP contribution is 2.46. The maximum atomic E-state index is 11.6. The van der Waals surface area contributed by atoms with Gasteiger partial charge in [-0.15, -0.1) is 0 Å². The van der Waals surface area contributed by atoms with Crippen LogP contribution < -0.4 is 0 Å². The molecule has 2 nitrogen and oxygen atoms in total. The molecule has 1 aliphatic heterocycles. The monoisotopic (exact) mass is 332 g/mol. The van der Waals surface area contributed by atoms with Crippen molar-refractivity contribution in [3.05, 3.63) is 35.9 Å². The topological polar surface area (TPSA) is 26.3 Å². The van der Waals surface area contributed by atoms with Crippen molar-refractivity contribution >= 4 is 37.8 Å². The Bertz CT molecular complexity index is 366. The first kappa shape index (κ1) is 11.1. The lowest BCUT2D eigenvalue weighted by Crippen LogP contribution is -2.31. The number of hydrogen-bond donors (Lipinski definition) is 0. The summed E-state index contributed by atoms with van der Waals surface area (Å²) in [5, 5.41) is 0. The Morgan fingerprint density at radius 2 is 2.00 bits per heavy atom. The van der Waals surface area contributed by atoms with Crippen molar-refractivity contribution < 1.29 is 9.53 Å². The van der Waals surface area contributed by atoms with Gasteiger partial charge in [0.1, 0.15) is 4.32 Å². The number of carbonyl (C=O) groups is 1. The van der Waals surface area contributed by atoms with Gasteiger partial charge in [-0.2, -0.15) is 0 Å². The lowest BCUT2D eigenvalue weighted by molar-refractivity contribution is -0.139. The molecular weight excluding hydrogens is 324 g/mol. The summed E-state index contributed by atoms with van der Waals surface area (Å²) in [5.74, 6) is -0.187. The number of carbonyl (C=O) groups excluding carboxylic acids is 1. The molecule has 0 unspecified atom stereocenters. The van der Waals surface area contributed by atoms with Crippen molar-refractivity contribution in [2.24, 2.45) is 0 Å². The molecule has 0 spiro atoms. The fraction of sp³-hybridized carbons (Fsp3) is 0.364. The highest BCUT2D eigenvalue weighted by molar-refractivity contribution is 9.12. The maximum absolute atomic E-state index is 11.6. The third-order valence-corrected chi connectivity index (χ3v) is 5.64. The van der Waals surface area contributed by atoms with E-state index in [9.17, 15) is 4.79 Å². The van der Waals surface area contributed by atoms with E-state index >= 15 is 0 Å². The molecule has 4 heteroatoms. The zero-order valence-corrected chi connectivity index (χ0v) is 11.1. The molecule has 0 aromatic heterocycles. The highest BCUT2D eigenvalue weighted by atomic mass is 79.9. The SMILES string of the molecule is O=C1OCC[C@@]1(Br)[C@H](Br)c1ccccc1. The van der Waals surface area contributed by atoms with Crippen molar-refractivity contribution in [2.75, 3.05) is 6.61 Å². The second kappa shape index (κ2) is 4.26. The predicted octanol–water partition coefficient (Wildman–Crippen LogP) is 3.20. The van der Waals surface area contributed by atoms with Crippen LogP contribution in [0, 0.1) is 0 Å². The van der Waals surface area contributed by atoms with Gasteiger partial charge < -0.3 is 4.74 Å². The summed E-state index contributed by atoms with van der Waals surface area (Å²) in [6, 6.07) is 9.86. The zero-order valence-electron chi connectivity index (χ0n) is 7.95. The van der Waals surface area contributed by atoms with Crippen LogP contribution in [0.25, 0.3) is 0 Å². The van der Waals surface area contributed by atoms with E-state index in [0.29, 0.717) is 13.0 Å². The van der Waals surface area contributed by atoms with Crippen LogP contribution in [0.4, 0.5) is 0 Å². The molecule has 1 fully saturated rings. The van der Waals surface area contributed by atoms with Crippen LogP contribution in [0.5, 0.6) is 0 Å². The molecule has 1 aliphatic rings. The Morgan fingerprint density at radius 3 is 2.53 bits per heavy atom. The van der Waals surface area contributed by atoms with E-state index in [1.165, 1.54) is 0 Å². The lowest BCUT2D eigenvalue weighted by atomic mass is 9.98. The number of esters is 1. The van der Waals surface area contributed by atoms with Crippen LogP contribution in [0.3, 0.4) is 0 Å². The van der Waals surface area contributed by atoms with E-state index in [1.807, 2.05) is 30.3 Å². The molecule has 0 N–H and O–H groups in total. The zero-order chi connectivity index (χ0) is 10.9. The van der Waals surface area contributed by atoms with E-state index in [-0.39, 0.29) is 10.8 Å². The number of rotatable bonds is 2. The normalized spacial score (nSPS) is 27.5. The average molecular weight is 334 g/mol. The summed E-state index contributed by atoms with van der Waals surface area (Å²) in [6.45, 7) is 0.485. The Hall–Kier alpha value is -0.350. The Balaban J connectivity index is 2.28. The van der Waals surface area contributed by atoms with E-state index in [4.69, 9.17) is 4.74 Å². The average Bonchev–Trinajstić information content (AvgIpc) is 2.61. The molecule has 2 rings (SSSR count). The molecular formula is C11H10Br2O2. The molecule has 1 heterocycles. The van der Waals surface area contributed by atoms with Crippen LogP contribution in [0.1, 0.15) is 16.8 Å². The van der Waals surface area contributed by atoms with E-state index in [0.717, 1.165) is 5.56 Å². The molecule has 1 aromatic carbocycles. The standard InChI is InChI=1S/C11H10Br2O2/c12-9(8-4-2-1-3-5-8)11(13)6-7-15-10(11)14/h1-5,9H,6-7H2/t9-,11-/m1/s1. The number of benzene rings is 1. The van der Waals surface area contributed by atoms with Crippen molar-refractivity contribution in [3.8, 4) is 0 Å². The minimum Gasteiger partial charge on any atom is -0.465 e. The van der Waals surface area contributed by atoms with E-state index in [1.54, 1.807) is 0 Å². The van der Waals surface area contributed by atoms with Gasteiger partial charge >= 0.3 is 5.97 Å². The molecule has 1 saturated heterocycles. The summed E-state index contributed by atoms with van der Waals surface area (Å²) < 4.78 is 4.38. The quantitative estimate of drug-likeness (QED) is 0.613. The fourth-order valence-electron chi connectivity index (χ4n) is 1.63. The number of hydrogen-bond acceptors (Lipinski definition) is 2. The predicted molar refractivity (Wildman–Crippen MR) is 65.3 cm³/mol. The molecule has 80 valence electrons. The van der Waals surface area contributed by atoms with Gasteiger partial charge in [0, 0.05) is 6.42 Å². The second-order valence-corrected chi connectivity index (χ2v) is 5.85. The maximum Gasteiger partial charge on any atom is 0.324 e. The third kappa shape index (κ3) is 1.97. The number of cyclic esters (lactones) is 1. The highest BCUT2D eigenvalue weighted by Gasteiger charge is 2.48. The first-order valence-electron chi connectivity index (χ1n) is 4.70. The lowest BCUT2D eigenvalue weighted by Gasteiger charge is -2.23. The van der Waals surface area contributed by atoms with Gasteiger partial charge in [0.25, 0.3) is 0 Å². The number of alkyl halides is 2. The van der Waals surface area contributed by atoms with Gasteiger partial charge in [-0.05, 0) is 5.56 Å². The molecule has 0 radical (unpaired) electrons. The van der Waals surface area contributed by atoms with Crippen LogP contribution in [0.2, 0.25) is 0 Å². The molecule has 2 atom stereocenters. The van der Waals surface area contributed by atoms with E-state index in [2.05, 4.69) is 31.9 Å². The summed E-state index contributed by atoms with van der Waals surface area (Å²) in [4.78, 5) is 11.6. The number of ether oxygens (including phenoxy) is 1. The van der Waals surface area contributed by atoms with Crippen LogP contribution >= 0.6 is 31.9 Å². The van der Waals surface area contributed by atoms with Crippen molar-refractivity contribution in [3.63, 3.8) is 0 Å². The molecule has 1 aromatic rings. The summed E-state index contributed by atoms with van der Waals surface area (Å²) in [5.41, 5.74) is 1.08. The van der Waals surface area contributed by atoms with Gasteiger partial charge in [-0.25, -0.2) is 0 Å². The summed E-state index contributed by atoms with van der Waals surface area (Å²) in [7, 11) is 0. The van der Waals surface area contributed by atoms with Gasteiger partial charge in [0.05, 0.1) is 11.4 Å². The van der Waals surface area contributed by atoms with Crippen LogP contribution in [-0.4, -0.2) is 16.9 Å². The molecule has 0 saturated carbocycles. The number of halogens is 2. The van der Waals surface area contributed by atoms with Gasteiger partial charge in [-0.1, -0.05) is 62.2 Å². The molecule has 0 bridgehead atoms. The van der Waals surface area contributed by atoms with E-state index < -0.39 is 4.32 Å². The molecule has 0 aliphatic carbocycles. The van der Waals surface area contributed by atoms with Crippen molar-refractivity contribution in [2.45, 2.75) is 15.6 Å². The minimum atomic E-state index is -0.617. The second-order valence-electron chi connectivity index (χ2n) is 3.52. The third-order valence-electron chi connectivity index (χ3n) is 2.53. The van der Waals surface area contributed by atoms with Crippen LogP contribution in [-0.2, 0) is 9.53 Å². The summed E-state index contributed by atoms with van der Waals surface area (Å²) in [6.07, 6.45) is 0.691. The largest absolute Gasteiger partial charge is 0.465 e. The molecule has 15 heavy (non-hydrogen) atoms. The Morgan fingerprint density at radius 1 is 1.33 bits per heavy atom. The Kier molecular flexibility index (Phi) is 3.16. The minimum absolute atomic E-state index is 0.0544. The fourth-order valence-corrected chi connectivity index (χ4v) is 2.89. The first-order chi connectivity index (χ1) is 7.14. The molecule has 0 amide bonds.